The predicted octanol–water partition coefficient (Wildman–Crippen LogP) is 9.39. The maximum atomic E-state index is 3.06. The first-order chi connectivity index (χ1) is 13.5. The molecule has 20 heterocycles. The zero-order chi connectivity index (χ0) is 17.8. The molecule has 0 radical (unpaired) electrons. The van der Waals surface area contributed by atoms with Crippen molar-refractivity contribution in [1.29, 1.82) is 0 Å². The molecule has 0 saturated carbocycles. The van der Waals surface area contributed by atoms with Crippen LogP contribution in [0.15, 0.2) is 0 Å². The van der Waals surface area contributed by atoms with Crippen LogP contribution in [0, 0.1) is 0 Å². The Hall–Kier alpha value is 2.50. The molecule has 158 valence electrons. The van der Waals surface area contributed by atoms with Crippen molar-refractivity contribution in [3.63, 3.8) is 0 Å². The number of unbranched alkanes of at least 4 members (excludes halogenated alkanes) is 2. The van der Waals surface area contributed by atoms with Gasteiger partial charge in [0.1, 0.15) is 0 Å². The molecule has 2 spiro atoms. The van der Waals surface area contributed by atoms with Gasteiger partial charge >= 0.3 is 182 Å². The van der Waals surface area contributed by atoms with Gasteiger partial charge in [0, 0.05) is 0 Å². The van der Waals surface area contributed by atoms with Crippen molar-refractivity contribution in [1.82, 2.24) is 0 Å². The van der Waals surface area contributed by atoms with Crippen LogP contribution in [-0.4, -0.2) is 4.64 Å². The Labute approximate surface area is 179 Å². The first-order valence-corrected chi connectivity index (χ1v) is 28.0. The molecule has 0 bridgehead atoms. The van der Waals surface area contributed by atoms with Gasteiger partial charge in [0.2, 0.25) is 0 Å². The van der Waals surface area contributed by atoms with Gasteiger partial charge in [0.15, 0.2) is 0 Å². The van der Waals surface area contributed by atoms with E-state index in [-0.39, 0.29) is 0 Å². The van der Waals surface area contributed by atoms with E-state index < -0.39 is 13.0 Å². The monoisotopic (exact) mass is 694 g/mol. The van der Waals surface area contributed by atoms with Gasteiger partial charge in [-0.05, 0) is 0 Å². The van der Waals surface area contributed by atoms with Gasteiger partial charge in [0.25, 0.3) is 0 Å². The predicted molar refractivity (Wildman–Crippen MR) is 124 cm³/mol. The summed E-state index contributed by atoms with van der Waals surface area (Å²) in [6, 6.07) is 0. The molecule has 20 aliphatic rings. The zero-order valence-electron chi connectivity index (χ0n) is 16.6. The first-order valence-electron chi connectivity index (χ1n) is 13.3. The summed E-state index contributed by atoms with van der Waals surface area (Å²) >= 11 is 6.13. The van der Waals surface area contributed by atoms with Gasteiger partial charge in [-0.25, -0.2) is 0 Å². The molecule has 0 amide bonds. The second-order valence-electron chi connectivity index (χ2n) is 20.9. The number of alkyl halides is 2. The summed E-state index contributed by atoms with van der Waals surface area (Å²) in [6.45, 7) is -2.85. The zero-order valence-corrected chi connectivity index (χ0v) is 23.1. The van der Waals surface area contributed by atoms with Gasteiger partial charge in [-0.3, -0.25) is 0 Å². The molecular formula is C25H28Fe2I2. The average molecular weight is 694 g/mol. The first kappa shape index (κ1) is 12.0. The normalized spacial score (nSPS) is 140. The summed E-state index contributed by atoms with van der Waals surface area (Å²) in [4.78, 5) is 26.1. The quantitative estimate of drug-likeness (QED) is 0.119. The van der Waals surface area contributed by atoms with E-state index in [4.69, 9.17) is 0 Å². The van der Waals surface area contributed by atoms with Crippen LogP contribution in [0.1, 0.15) is 32.6 Å². The number of hydrogen-bond donors (Lipinski definition) is 0. The third-order valence-electron chi connectivity index (χ3n) is 30.6. The van der Waals surface area contributed by atoms with E-state index in [0.29, 0.717) is 0 Å². The van der Waals surface area contributed by atoms with E-state index in [9.17, 15) is 0 Å². The van der Waals surface area contributed by atoms with Crippen molar-refractivity contribution in [2.45, 2.75) is 123 Å². The standard InChI is InChI=1S/C10H15.2C5H4I.C5H5.2Fe/c1-2-3-4-7-10-8-5-6-9-10;2*6-5-3-1-2-4-5;1-2-4-5-3-1;;/h5-6,8-9H,2-4,7H2,1H3;2*1-4H;1-5H;;. The van der Waals surface area contributed by atoms with Crippen LogP contribution >= 0.6 is 45.2 Å². The number of halogens is 2. The molecule has 0 aromatic carbocycles. The summed E-state index contributed by atoms with van der Waals surface area (Å²) < 4.78 is 3.48. The van der Waals surface area contributed by atoms with Crippen molar-refractivity contribution < 1.29 is 13.0 Å². The average Bonchev–Trinajstić information content (AvgIpc) is 3.56. The van der Waals surface area contributed by atoms with E-state index in [2.05, 4.69) is 52.1 Å². The number of rotatable bonds is 4. The maximum absolute atomic E-state index is 3.06. The topological polar surface area (TPSA) is 0 Å². The summed E-state index contributed by atoms with van der Waals surface area (Å²) in [5.74, 6) is 0. The van der Waals surface area contributed by atoms with Crippen LogP contribution in [0.4, 0.5) is 0 Å². The molecule has 0 aromatic rings. The second-order valence-corrected chi connectivity index (χ2v) is 73.3. The van der Waals surface area contributed by atoms with Gasteiger partial charge < -0.3 is 0 Å². The molecule has 0 aliphatic carbocycles. The van der Waals surface area contributed by atoms with E-state index in [0.717, 1.165) is 4.64 Å². The fourth-order valence-corrected chi connectivity index (χ4v) is 219. The molecule has 20 saturated heterocycles. The van der Waals surface area contributed by atoms with E-state index in [1.54, 1.807) is 62.6 Å². The Balaban J connectivity index is 0.0000000775. The SMILES string of the molecule is CCCCC[C]12[CH]3[CH]4[CH]5[CH]1[Fe]45321678[CH]2[CH]1[CH]6[CH]7[CH]28.I[C]12[CH]3[CH]4[CH]5[CH]1[Fe]45321678[CH]2[CH]1[CH]6[C]7(I)[CH]28. The third-order valence-corrected chi connectivity index (χ3v) is 136. The van der Waals surface area contributed by atoms with Gasteiger partial charge in [-0.15, -0.1) is 0 Å². The minimum absolute atomic E-state index is 1.12. The van der Waals surface area contributed by atoms with Crippen LogP contribution in [0.3, 0.4) is 0 Å². The molecule has 20 fully saturated rings. The Bertz CT molecular complexity index is 1970. The van der Waals surface area contributed by atoms with E-state index in [1.807, 2.05) is 0 Å². The molecule has 4 heteroatoms. The number of hydrogen-bond acceptors (Lipinski definition) is 0. The van der Waals surface area contributed by atoms with Crippen LogP contribution in [0.2, 0.25) is 86.2 Å². The molecule has 20 aliphatic heterocycles. The fraction of sp³-hybridized carbons (Fsp3) is 1.00. The Morgan fingerprint density at radius 1 is 0.586 bits per heavy atom. The molecular weight excluding hydrogens is 666 g/mol. The summed E-state index contributed by atoms with van der Waals surface area (Å²) in [5, 5.41) is 0. The molecule has 0 nitrogen and oxygen atoms in total. The minimum atomic E-state index is -2.65. The Kier molecular flexibility index (Phi) is 0.400. The molecule has 0 N–H and O–H groups in total. The molecule has 12 atom stereocenters. The summed E-state index contributed by atoms with van der Waals surface area (Å²) in [7, 11) is 0. The summed E-state index contributed by atoms with van der Waals surface area (Å²) in [6.07, 6.45) is 6.43. The van der Waals surface area contributed by atoms with Crippen molar-refractivity contribution >= 4 is 45.2 Å². The van der Waals surface area contributed by atoms with Crippen molar-refractivity contribution in [2.24, 2.45) is 0 Å². The van der Waals surface area contributed by atoms with Crippen LogP contribution in [0.25, 0.3) is 0 Å². The second kappa shape index (κ2) is 0.969. The Morgan fingerprint density at radius 3 is 1.21 bits per heavy atom. The van der Waals surface area contributed by atoms with Crippen molar-refractivity contribution in [2.75, 3.05) is 0 Å². The molecule has 20 rings (SSSR count). The van der Waals surface area contributed by atoms with Gasteiger partial charge in [0.05, 0.1) is 0 Å². The molecule has 29 heavy (non-hydrogen) atoms. The van der Waals surface area contributed by atoms with Gasteiger partial charge in [-0.2, -0.15) is 0 Å². The van der Waals surface area contributed by atoms with Crippen LogP contribution < -0.4 is 0 Å². The van der Waals surface area contributed by atoms with Crippen molar-refractivity contribution in [3.8, 4) is 0 Å². The third kappa shape index (κ3) is 0.124. The number of fused-ring (bicyclic) bond motifs is 20. The van der Waals surface area contributed by atoms with Crippen molar-refractivity contribution in [3.05, 3.63) is 0 Å². The Morgan fingerprint density at radius 2 is 1.03 bits per heavy atom. The van der Waals surface area contributed by atoms with Crippen LogP contribution in [-0.2, 0) is 13.0 Å². The summed E-state index contributed by atoms with van der Waals surface area (Å²) in [5.41, 5.74) is 0. The molecule has 0 aromatic heterocycles. The molecule has 12 unspecified atom stereocenters. The van der Waals surface area contributed by atoms with E-state index >= 15 is 0 Å². The van der Waals surface area contributed by atoms with E-state index in [1.165, 1.54) is 49.3 Å². The van der Waals surface area contributed by atoms with Gasteiger partial charge in [-0.1, -0.05) is 0 Å². The van der Waals surface area contributed by atoms with Crippen LogP contribution in [0.5, 0.6) is 0 Å². The fourth-order valence-electron chi connectivity index (χ4n) is 33.9.